The molecule has 3 aromatic carbocycles. The highest BCUT2D eigenvalue weighted by molar-refractivity contribution is 6.33. The number of carbonyl (C=O) groups excluding carboxylic acids is 2. The molecule has 0 unspecified atom stereocenters. The van der Waals surface area contributed by atoms with E-state index in [4.69, 9.17) is 16.3 Å². The molecule has 0 radical (unpaired) electrons. The third kappa shape index (κ3) is 5.76. The van der Waals surface area contributed by atoms with E-state index in [0.717, 1.165) is 36.0 Å². The largest absolute Gasteiger partial charge is 0.484 e. The quantitative estimate of drug-likeness (QED) is 0.535. The summed E-state index contributed by atoms with van der Waals surface area (Å²) in [5.41, 5.74) is 1.53. The molecule has 4 rings (SSSR count). The van der Waals surface area contributed by atoms with Gasteiger partial charge in [0, 0.05) is 38.3 Å². The number of ether oxygens (including phenoxy) is 1. The molecule has 0 saturated carbocycles. The third-order valence-corrected chi connectivity index (χ3v) is 6.06. The monoisotopic (exact) mass is 465 g/mol. The number of nitrogens with zero attached hydrogens (tertiary/aromatic N) is 2. The van der Waals surface area contributed by atoms with Gasteiger partial charge in [0.1, 0.15) is 5.75 Å². The molecule has 7 heteroatoms. The molecule has 0 aliphatic carbocycles. The lowest BCUT2D eigenvalue weighted by atomic mass is 10.1. The second-order valence-corrected chi connectivity index (χ2v) is 8.54. The first-order valence-electron chi connectivity index (χ1n) is 11.3. The number of halogens is 1. The molecule has 1 N–H and O–H groups in total. The highest BCUT2D eigenvalue weighted by Crippen LogP contribution is 2.30. The molecule has 1 aliphatic heterocycles. The van der Waals surface area contributed by atoms with Gasteiger partial charge in [0.15, 0.2) is 6.61 Å². The van der Waals surface area contributed by atoms with Crippen LogP contribution >= 0.6 is 11.6 Å². The maximum absolute atomic E-state index is 12.4. The summed E-state index contributed by atoms with van der Waals surface area (Å²) >= 11 is 6.52. The van der Waals surface area contributed by atoms with E-state index in [0.29, 0.717) is 36.0 Å². The van der Waals surface area contributed by atoms with Gasteiger partial charge in [-0.25, -0.2) is 0 Å². The summed E-state index contributed by atoms with van der Waals surface area (Å²) in [6.45, 7) is 4.79. The van der Waals surface area contributed by atoms with Crippen LogP contribution in [0.25, 0.3) is 10.8 Å². The Morgan fingerprint density at radius 1 is 0.970 bits per heavy atom. The lowest BCUT2D eigenvalue weighted by Gasteiger charge is -2.36. The smallest absolute Gasteiger partial charge is 0.262 e. The zero-order valence-corrected chi connectivity index (χ0v) is 19.5. The maximum Gasteiger partial charge on any atom is 0.262 e. The highest BCUT2D eigenvalue weighted by atomic mass is 35.5. The Kier molecular flexibility index (Phi) is 7.35. The number of amides is 2. The number of fused-ring (bicyclic) bond motifs is 1. The summed E-state index contributed by atoms with van der Waals surface area (Å²) in [7, 11) is 0. The summed E-state index contributed by atoms with van der Waals surface area (Å²) in [5.74, 6) is 0.607. The first kappa shape index (κ1) is 22.9. The fourth-order valence-corrected chi connectivity index (χ4v) is 4.31. The Morgan fingerprint density at radius 2 is 1.73 bits per heavy atom. The summed E-state index contributed by atoms with van der Waals surface area (Å²) in [6.07, 6.45) is 1.46. The van der Waals surface area contributed by atoms with Gasteiger partial charge < -0.3 is 19.9 Å². The van der Waals surface area contributed by atoms with Crippen LogP contribution in [0, 0.1) is 0 Å². The molecular formula is C26H28ClN3O3. The Bertz CT molecular complexity index is 1140. The van der Waals surface area contributed by atoms with Gasteiger partial charge in [0.2, 0.25) is 5.91 Å². The minimum Gasteiger partial charge on any atom is -0.484 e. The van der Waals surface area contributed by atoms with Crippen LogP contribution < -0.4 is 15.0 Å². The molecular weight excluding hydrogens is 438 g/mol. The zero-order valence-electron chi connectivity index (χ0n) is 18.7. The van der Waals surface area contributed by atoms with Crippen LogP contribution in [0.3, 0.4) is 0 Å². The Morgan fingerprint density at radius 3 is 2.45 bits per heavy atom. The predicted octanol–water partition coefficient (Wildman–Crippen LogP) is 4.96. The molecule has 6 nitrogen and oxygen atoms in total. The van der Waals surface area contributed by atoms with Gasteiger partial charge in [-0.05, 0) is 47.5 Å². The number of nitrogens with one attached hydrogen (secondary N) is 1. The number of piperazine rings is 1. The van der Waals surface area contributed by atoms with Gasteiger partial charge in [-0.2, -0.15) is 0 Å². The van der Waals surface area contributed by atoms with Gasteiger partial charge in [0.05, 0.1) is 10.7 Å². The van der Waals surface area contributed by atoms with Gasteiger partial charge in [0.25, 0.3) is 5.91 Å². The van der Waals surface area contributed by atoms with Gasteiger partial charge in [-0.3, -0.25) is 9.59 Å². The second-order valence-electron chi connectivity index (χ2n) is 8.13. The Hall–Kier alpha value is -3.25. The molecule has 0 spiro atoms. The van der Waals surface area contributed by atoms with Crippen molar-refractivity contribution in [2.45, 2.75) is 19.8 Å². The lowest BCUT2D eigenvalue weighted by molar-refractivity contribution is -0.131. The summed E-state index contributed by atoms with van der Waals surface area (Å²) < 4.78 is 5.66. The number of hydrogen-bond acceptors (Lipinski definition) is 4. The Balaban J connectivity index is 1.30. The molecule has 1 saturated heterocycles. The molecule has 3 aromatic rings. The van der Waals surface area contributed by atoms with Crippen molar-refractivity contribution in [1.82, 2.24) is 4.90 Å². The molecule has 1 aliphatic rings. The minimum atomic E-state index is -0.255. The van der Waals surface area contributed by atoms with Crippen LogP contribution in [0.15, 0.2) is 60.7 Å². The molecule has 2 amide bonds. The first-order chi connectivity index (χ1) is 16.0. The standard InChI is InChI=1S/C26H28ClN3O3/c1-2-5-26(32)30-14-12-29(13-15-30)24-11-9-21(17-23(24)27)28-25(31)18-33-22-10-8-19-6-3-4-7-20(19)16-22/h3-4,6-11,16-17H,2,5,12-15,18H2,1H3,(H,28,31). The van der Waals surface area contributed by atoms with E-state index in [9.17, 15) is 9.59 Å². The SMILES string of the molecule is CCCC(=O)N1CCN(c2ccc(NC(=O)COc3ccc4ccccc4c3)cc2Cl)CC1. The van der Waals surface area contributed by atoms with Crippen LogP contribution in [-0.2, 0) is 9.59 Å². The van der Waals surface area contributed by atoms with Crippen molar-refractivity contribution in [2.75, 3.05) is 43.0 Å². The summed E-state index contributed by atoms with van der Waals surface area (Å²) in [4.78, 5) is 28.5. The van der Waals surface area contributed by atoms with Crippen molar-refractivity contribution >= 4 is 45.6 Å². The number of carbonyl (C=O) groups is 2. The van der Waals surface area contributed by atoms with Crippen LogP contribution in [0.2, 0.25) is 5.02 Å². The highest BCUT2D eigenvalue weighted by Gasteiger charge is 2.22. The average molecular weight is 466 g/mol. The van der Waals surface area contributed by atoms with Crippen molar-refractivity contribution < 1.29 is 14.3 Å². The van der Waals surface area contributed by atoms with E-state index in [1.807, 2.05) is 66.4 Å². The van der Waals surface area contributed by atoms with Crippen LogP contribution in [-0.4, -0.2) is 49.5 Å². The maximum atomic E-state index is 12.4. The van der Waals surface area contributed by atoms with E-state index in [1.54, 1.807) is 6.07 Å². The molecule has 1 heterocycles. The van der Waals surface area contributed by atoms with Crippen LogP contribution in [0.4, 0.5) is 11.4 Å². The van der Waals surface area contributed by atoms with Crippen LogP contribution in [0.5, 0.6) is 5.75 Å². The Labute approximate surface area is 199 Å². The average Bonchev–Trinajstić information content (AvgIpc) is 2.83. The predicted molar refractivity (Wildman–Crippen MR) is 133 cm³/mol. The topological polar surface area (TPSA) is 61.9 Å². The molecule has 0 aromatic heterocycles. The second kappa shape index (κ2) is 10.6. The van der Waals surface area contributed by atoms with Gasteiger partial charge in [-0.1, -0.05) is 48.9 Å². The van der Waals surface area contributed by atoms with E-state index >= 15 is 0 Å². The normalized spacial score (nSPS) is 13.8. The number of benzene rings is 3. The first-order valence-corrected chi connectivity index (χ1v) is 11.6. The lowest BCUT2D eigenvalue weighted by Crippen LogP contribution is -2.48. The summed E-state index contributed by atoms with van der Waals surface area (Å²) in [6, 6.07) is 19.2. The molecule has 0 atom stereocenters. The van der Waals surface area contributed by atoms with Crippen molar-refractivity contribution in [3.05, 3.63) is 65.7 Å². The fraction of sp³-hybridized carbons (Fsp3) is 0.308. The summed E-state index contributed by atoms with van der Waals surface area (Å²) in [5, 5.41) is 5.59. The molecule has 0 bridgehead atoms. The van der Waals surface area contributed by atoms with Gasteiger partial charge in [-0.15, -0.1) is 0 Å². The fourth-order valence-electron chi connectivity index (χ4n) is 4.01. The van der Waals surface area contributed by atoms with E-state index in [-0.39, 0.29) is 18.4 Å². The minimum absolute atomic E-state index is 0.0918. The van der Waals surface area contributed by atoms with Crippen molar-refractivity contribution in [3.8, 4) is 5.75 Å². The van der Waals surface area contributed by atoms with Gasteiger partial charge >= 0.3 is 0 Å². The van der Waals surface area contributed by atoms with Crippen molar-refractivity contribution in [3.63, 3.8) is 0 Å². The third-order valence-electron chi connectivity index (χ3n) is 5.76. The van der Waals surface area contributed by atoms with E-state index < -0.39 is 0 Å². The van der Waals surface area contributed by atoms with E-state index in [2.05, 4.69) is 10.2 Å². The van der Waals surface area contributed by atoms with Crippen molar-refractivity contribution in [2.24, 2.45) is 0 Å². The number of rotatable bonds is 7. The number of hydrogen-bond donors (Lipinski definition) is 1. The zero-order chi connectivity index (χ0) is 23.2. The number of anilines is 2. The molecule has 33 heavy (non-hydrogen) atoms. The van der Waals surface area contributed by atoms with Crippen LogP contribution in [0.1, 0.15) is 19.8 Å². The molecule has 1 fully saturated rings. The molecule has 172 valence electrons. The van der Waals surface area contributed by atoms with E-state index in [1.165, 1.54) is 0 Å². The van der Waals surface area contributed by atoms with Crippen molar-refractivity contribution in [1.29, 1.82) is 0 Å².